The Bertz CT molecular complexity index is 1340. The average molecular weight is 483 g/mol. The number of nitrogens with one attached hydrogen (secondary N) is 2. The van der Waals surface area contributed by atoms with Crippen molar-refractivity contribution in [3.63, 3.8) is 0 Å². The molecule has 7 heteroatoms. The van der Waals surface area contributed by atoms with Crippen LogP contribution in [0.2, 0.25) is 0 Å². The smallest absolute Gasteiger partial charge is 0.259 e. The maximum Gasteiger partial charge on any atom is 0.259 e. The fraction of sp³-hybridized carbons (Fsp3) is 0.103. The van der Waals surface area contributed by atoms with Crippen LogP contribution in [0.5, 0.6) is 17.2 Å². The van der Waals surface area contributed by atoms with Crippen molar-refractivity contribution in [1.82, 2.24) is 0 Å². The van der Waals surface area contributed by atoms with E-state index in [-0.39, 0.29) is 11.8 Å². The van der Waals surface area contributed by atoms with E-state index in [0.717, 1.165) is 5.56 Å². The number of hydrogen-bond acceptors (Lipinski definition) is 5. The first-order chi connectivity index (χ1) is 17.6. The molecule has 0 heterocycles. The van der Waals surface area contributed by atoms with Gasteiger partial charge in [0, 0.05) is 11.6 Å². The van der Waals surface area contributed by atoms with Gasteiger partial charge in [0.2, 0.25) is 0 Å². The van der Waals surface area contributed by atoms with Crippen LogP contribution in [-0.2, 0) is 6.61 Å². The average Bonchev–Trinajstić information content (AvgIpc) is 2.93. The summed E-state index contributed by atoms with van der Waals surface area (Å²) < 4.78 is 16.4. The largest absolute Gasteiger partial charge is 0.497 e. The lowest BCUT2D eigenvalue weighted by Crippen LogP contribution is -2.17. The van der Waals surface area contributed by atoms with Gasteiger partial charge in [0.1, 0.15) is 23.9 Å². The van der Waals surface area contributed by atoms with E-state index in [9.17, 15) is 9.59 Å². The number of benzene rings is 4. The van der Waals surface area contributed by atoms with Crippen molar-refractivity contribution in [2.24, 2.45) is 0 Å². The zero-order chi connectivity index (χ0) is 25.3. The topological polar surface area (TPSA) is 85.9 Å². The van der Waals surface area contributed by atoms with Crippen LogP contribution < -0.4 is 24.8 Å². The third-order valence-electron chi connectivity index (χ3n) is 5.45. The molecule has 7 nitrogen and oxygen atoms in total. The summed E-state index contributed by atoms with van der Waals surface area (Å²) in [6.45, 7) is 0.294. The fourth-order valence-electron chi connectivity index (χ4n) is 3.50. The van der Waals surface area contributed by atoms with E-state index in [4.69, 9.17) is 14.2 Å². The highest BCUT2D eigenvalue weighted by atomic mass is 16.5. The third-order valence-corrected chi connectivity index (χ3v) is 5.45. The first kappa shape index (κ1) is 24.3. The second-order valence-corrected chi connectivity index (χ2v) is 7.82. The number of para-hydroxylation sites is 2. The van der Waals surface area contributed by atoms with Gasteiger partial charge in [0.25, 0.3) is 11.8 Å². The number of hydrogen-bond donors (Lipinski definition) is 2. The quantitative estimate of drug-likeness (QED) is 0.316. The van der Waals surface area contributed by atoms with Gasteiger partial charge >= 0.3 is 0 Å². The van der Waals surface area contributed by atoms with Crippen LogP contribution in [0.4, 0.5) is 11.4 Å². The maximum absolute atomic E-state index is 13.3. The Kier molecular flexibility index (Phi) is 7.83. The molecule has 0 unspecified atom stereocenters. The van der Waals surface area contributed by atoms with Gasteiger partial charge in [-0.2, -0.15) is 0 Å². The lowest BCUT2D eigenvalue weighted by molar-refractivity contribution is 0.101. The van der Waals surface area contributed by atoms with Gasteiger partial charge < -0.3 is 24.8 Å². The van der Waals surface area contributed by atoms with Gasteiger partial charge in [0.15, 0.2) is 0 Å². The summed E-state index contributed by atoms with van der Waals surface area (Å²) in [5, 5.41) is 5.74. The molecule has 0 saturated heterocycles. The van der Waals surface area contributed by atoms with E-state index in [0.29, 0.717) is 46.4 Å². The molecule has 0 radical (unpaired) electrons. The highest BCUT2D eigenvalue weighted by Gasteiger charge is 2.17. The van der Waals surface area contributed by atoms with Gasteiger partial charge in [-0.1, -0.05) is 42.5 Å². The maximum atomic E-state index is 13.3. The Morgan fingerprint density at radius 3 is 1.89 bits per heavy atom. The summed E-state index contributed by atoms with van der Waals surface area (Å²) in [6.07, 6.45) is 0. The molecule has 0 spiro atoms. The number of carbonyl (C=O) groups is 2. The highest BCUT2D eigenvalue weighted by molar-refractivity contribution is 6.10. The van der Waals surface area contributed by atoms with E-state index in [1.54, 1.807) is 80.9 Å². The van der Waals surface area contributed by atoms with Crippen molar-refractivity contribution >= 4 is 23.2 Å². The number of carbonyl (C=O) groups excluding carboxylic acids is 2. The van der Waals surface area contributed by atoms with Crippen LogP contribution in [-0.4, -0.2) is 26.0 Å². The molecule has 182 valence electrons. The molecule has 0 aliphatic heterocycles. The molecule has 0 saturated carbocycles. The number of ether oxygens (including phenoxy) is 3. The molecule has 4 rings (SSSR count). The Hall–Kier alpha value is -4.78. The van der Waals surface area contributed by atoms with Crippen molar-refractivity contribution in [3.05, 3.63) is 114 Å². The summed E-state index contributed by atoms with van der Waals surface area (Å²) in [6, 6.07) is 28.4. The molecular formula is C29H26N2O5. The van der Waals surface area contributed by atoms with Crippen LogP contribution in [0.3, 0.4) is 0 Å². The first-order valence-electron chi connectivity index (χ1n) is 11.3. The molecule has 4 aromatic carbocycles. The molecule has 2 amide bonds. The van der Waals surface area contributed by atoms with Crippen LogP contribution >= 0.6 is 0 Å². The Labute approximate surface area is 209 Å². The second kappa shape index (κ2) is 11.6. The molecule has 2 N–H and O–H groups in total. The molecule has 0 atom stereocenters. The summed E-state index contributed by atoms with van der Waals surface area (Å²) in [4.78, 5) is 26.0. The van der Waals surface area contributed by atoms with Crippen molar-refractivity contribution in [1.29, 1.82) is 0 Å². The molecule has 0 aliphatic carbocycles. The van der Waals surface area contributed by atoms with Gasteiger partial charge in [-0.05, 0) is 54.1 Å². The minimum atomic E-state index is -0.383. The van der Waals surface area contributed by atoms with E-state index < -0.39 is 0 Å². The van der Waals surface area contributed by atoms with Crippen molar-refractivity contribution in [2.75, 3.05) is 24.9 Å². The first-order valence-corrected chi connectivity index (χ1v) is 11.3. The van der Waals surface area contributed by atoms with Crippen molar-refractivity contribution in [3.8, 4) is 17.2 Å². The normalized spacial score (nSPS) is 10.3. The zero-order valence-electron chi connectivity index (χ0n) is 20.0. The Morgan fingerprint density at radius 2 is 1.25 bits per heavy atom. The van der Waals surface area contributed by atoms with Crippen molar-refractivity contribution < 1.29 is 23.8 Å². The molecule has 0 bridgehead atoms. The highest BCUT2D eigenvalue weighted by Crippen LogP contribution is 2.28. The molecule has 0 aliphatic rings. The second-order valence-electron chi connectivity index (χ2n) is 7.82. The summed E-state index contributed by atoms with van der Waals surface area (Å²) in [5.41, 5.74) is 2.69. The van der Waals surface area contributed by atoms with Crippen molar-refractivity contribution in [2.45, 2.75) is 6.61 Å². The zero-order valence-corrected chi connectivity index (χ0v) is 20.0. The summed E-state index contributed by atoms with van der Waals surface area (Å²) in [5.74, 6) is 0.920. The number of rotatable bonds is 9. The summed E-state index contributed by atoms with van der Waals surface area (Å²) in [7, 11) is 3.12. The van der Waals surface area contributed by atoms with E-state index >= 15 is 0 Å². The Morgan fingerprint density at radius 1 is 0.667 bits per heavy atom. The molecule has 0 aromatic heterocycles. The lowest BCUT2D eigenvalue weighted by atomic mass is 10.1. The van der Waals surface area contributed by atoms with Crippen LogP contribution in [0.15, 0.2) is 97.1 Å². The number of amides is 2. The van der Waals surface area contributed by atoms with Gasteiger partial charge in [-0.15, -0.1) is 0 Å². The van der Waals surface area contributed by atoms with Crippen LogP contribution in [0.25, 0.3) is 0 Å². The number of anilines is 2. The van der Waals surface area contributed by atoms with Crippen LogP contribution in [0, 0.1) is 0 Å². The molecule has 36 heavy (non-hydrogen) atoms. The minimum Gasteiger partial charge on any atom is -0.497 e. The predicted molar refractivity (Wildman–Crippen MR) is 139 cm³/mol. The van der Waals surface area contributed by atoms with Gasteiger partial charge in [-0.25, -0.2) is 0 Å². The Balaban J connectivity index is 1.52. The molecule has 0 fully saturated rings. The third kappa shape index (κ3) is 6.01. The van der Waals surface area contributed by atoms with Gasteiger partial charge in [-0.3, -0.25) is 9.59 Å². The number of methoxy groups -OCH3 is 2. The van der Waals surface area contributed by atoms with Crippen LogP contribution in [0.1, 0.15) is 26.3 Å². The standard InChI is InChI=1S/C29H26N2O5/c1-34-22-14-12-21(13-15-22)28(32)30-25-10-6-7-11-26(25)31-29(33)24-17-16-23(35-2)18-27(24)36-19-20-8-4-3-5-9-20/h3-18H,19H2,1-2H3,(H,30,32)(H,31,33). The monoisotopic (exact) mass is 482 g/mol. The SMILES string of the molecule is COc1ccc(C(=O)Nc2ccccc2NC(=O)c2ccc(OC)cc2OCc2ccccc2)cc1. The molecular weight excluding hydrogens is 456 g/mol. The minimum absolute atomic E-state index is 0.294. The predicted octanol–water partition coefficient (Wildman–Crippen LogP) is 5.79. The summed E-state index contributed by atoms with van der Waals surface area (Å²) >= 11 is 0. The van der Waals surface area contributed by atoms with E-state index in [2.05, 4.69) is 10.6 Å². The molecule has 4 aromatic rings. The fourth-order valence-corrected chi connectivity index (χ4v) is 3.50. The van der Waals surface area contributed by atoms with E-state index in [1.165, 1.54) is 0 Å². The van der Waals surface area contributed by atoms with Gasteiger partial charge in [0.05, 0.1) is 31.2 Å². The van der Waals surface area contributed by atoms with E-state index in [1.807, 2.05) is 30.3 Å². The lowest BCUT2D eigenvalue weighted by Gasteiger charge is -2.15.